The number of hydrogen-bond acceptors (Lipinski definition) is 4. The van der Waals surface area contributed by atoms with Crippen molar-refractivity contribution in [2.45, 2.75) is 6.42 Å². The van der Waals surface area contributed by atoms with E-state index in [1.165, 1.54) is 18.5 Å². The second kappa shape index (κ2) is 6.92. The summed E-state index contributed by atoms with van der Waals surface area (Å²) < 4.78 is 33.4. The maximum atomic E-state index is 14.0. The smallest absolute Gasteiger partial charge is 0.220 e. The summed E-state index contributed by atoms with van der Waals surface area (Å²) in [7, 11) is 0. The highest BCUT2D eigenvalue weighted by molar-refractivity contribution is 6.33. The van der Waals surface area contributed by atoms with Gasteiger partial charge in [-0.25, -0.2) is 13.8 Å². The van der Waals surface area contributed by atoms with Gasteiger partial charge in [0.15, 0.2) is 5.82 Å². The molecule has 0 atom stereocenters. The first-order chi connectivity index (χ1) is 13.1. The number of ether oxygens (including phenoxy) is 1. The molecule has 3 aromatic rings. The summed E-state index contributed by atoms with van der Waals surface area (Å²) in [5.74, 6) is -1.03. The SMILES string of the molecule is O=CN(c1cnc(-c2cc3c(cc2Cl)OCC3)cn1)c1c(F)cccc1F. The van der Waals surface area contributed by atoms with Crippen LogP contribution in [-0.4, -0.2) is 23.0 Å². The lowest BCUT2D eigenvalue weighted by Gasteiger charge is -2.17. The minimum absolute atomic E-state index is 0.0154. The number of amides is 1. The fourth-order valence-electron chi connectivity index (χ4n) is 2.92. The lowest BCUT2D eigenvalue weighted by Crippen LogP contribution is -2.18. The molecular formula is C19H12ClF2N3O2. The van der Waals surface area contributed by atoms with Crippen LogP contribution in [0, 0.1) is 11.6 Å². The zero-order valence-corrected chi connectivity index (χ0v) is 14.6. The minimum atomic E-state index is -0.880. The molecule has 27 heavy (non-hydrogen) atoms. The number of carbonyl (C=O) groups excluding carboxylic acids is 1. The molecule has 0 fully saturated rings. The highest BCUT2D eigenvalue weighted by atomic mass is 35.5. The Morgan fingerprint density at radius 2 is 1.93 bits per heavy atom. The Morgan fingerprint density at radius 1 is 1.15 bits per heavy atom. The van der Waals surface area contributed by atoms with Crippen molar-refractivity contribution in [1.29, 1.82) is 0 Å². The van der Waals surface area contributed by atoms with Gasteiger partial charge < -0.3 is 4.74 Å². The molecular weight excluding hydrogens is 376 g/mol. The fourth-order valence-corrected chi connectivity index (χ4v) is 3.17. The van der Waals surface area contributed by atoms with Crippen molar-refractivity contribution >= 4 is 29.5 Å². The molecule has 2 heterocycles. The Labute approximate surface area is 158 Å². The van der Waals surface area contributed by atoms with Crippen LogP contribution in [0.2, 0.25) is 5.02 Å². The van der Waals surface area contributed by atoms with Crippen molar-refractivity contribution in [3.05, 3.63) is 64.9 Å². The van der Waals surface area contributed by atoms with Gasteiger partial charge in [0.2, 0.25) is 6.41 Å². The minimum Gasteiger partial charge on any atom is -0.493 e. The van der Waals surface area contributed by atoms with E-state index >= 15 is 0 Å². The maximum absolute atomic E-state index is 14.0. The van der Waals surface area contributed by atoms with Crippen LogP contribution in [0.25, 0.3) is 11.3 Å². The summed E-state index contributed by atoms with van der Waals surface area (Å²) in [5, 5.41) is 0.449. The van der Waals surface area contributed by atoms with Gasteiger partial charge in [-0.3, -0.25) is 14.7 Å². The van der Waals surface area contributed by atoms with E-state index in [0.29, 0.717) is 22.9 Å². The van der Waals surface area contributed by atoms with Gasteiger partial charge in [-0.15, -0.1) is 0 Å². The second-order valence-electron chi connectivity index (χ2n) is 5.84. The molecule has 1 aliphatic rings. The number of rotatable bonds is 4. The number of benzene rings is 2. The van der Waals surface area contributed by atoms with Crippen LogP contribution in [0.15, 0.2) is 42.7 Å². The van der Waals surface area contributed by atoms with E-state index < -0.39 is 17.3 Å². The van der Waals surface area contributed by atoms with Crippen LogP contribution in [0.4, 0.5) is 20.3 Å². The summed E-state index contributed by atoms with van der Waals surface area (Å²) in [4.78, 5) is 20.6. The van der Waals surface area contributed by atoms with Crippen molar-refractivity contribution in [2.75, 3.05) is 11.5 Å². The predicted molar refractivity (Wildman–Crippen MR) is 96.2 cm³/mol. The number of nitrogens with zero attached hydrogens (tertiary/aromatic N) is 3. The average Bonchev–Trinajstić information content (AvgIpc) is 3.12. The van der Waals surface area contributed by atoms with Gasteiger partial charge in [0, 0.05) is 12.0 Å². The van der Waals surface area contributed by atoms with Crippen molar-refractivity contribution in [3.8, 4) is 17.0 Å². The number of aromatic nitrogens is 2. The Balaban J connectivity index is 1.71. The molecule has 0 saturated heterocycles. The van der Waals surface area contributed by atoms with E-state index in [2.05, 4.69) is 9.97 Å². The van der Waals surface area contributed by atoms with Crippen molar-refractivity contribution in [3.63, 3.8) is 0 Å². The molecule has 0 saturated carbocycles. The van der Waals surface area contributed by atoms with Gasteiger partial charge in [-0.05, 0) is 29.8 Å². The summed E-state index contributed by atoms with van der Waals surface area (Å²) in [5.41, 5.74) is 1.64. The largest absolute Gasteiger partial charge is 0.493 e. The summed E-state index contributed by atoms with van der Waals surface area (Å²) in [6, 6.07) is 6.93. The third-order valence-electron chi connectivity index (χ3n) is 4.22. The first-order valence-electron chi connectivity index (χ1n) is 8.04. The van der Waals surface area contributed by atoms with E-state index in [0.717, 1.165) is 34.8 Å². The molecule has 0 bridgehead atoms. The monoisotopic (exact) mass is 387 g/mol. The van der Waals surface area contributed by atoms with E-state index in [4.69, 9.17) is 16.3 Å². The summed E-state index contributed by atoms with van der Waals surface area (Å²) in [6.45, 7) is 0.599. The van der Waals surface area contributed by atoms with E-state index in [1.54, 1.807) is 6.07 Å². The third-order valence-corrected chi connectivity index (χ3v) is 4.54. The van der Waals surface area contributed by atoms with Crippen molar-refractivity contribution in [1.82, 2.24) is 9.97 Å². The topological polar surface area (TPSA) is 55.3 Å². The number of fused-ring (bicyclic) bond motifs is 1. The Morgan fingerprint density at radius 3 is 2.59 bits per heavy atom. The highest BCUT2D eigenvalue weighted by Gasteiger charge is 2.20. The van der Waals surface area contributed by atoms with Crippen LogP contribution in [0.5, 0.6) is 5.75 Å². The third kappa shape index (κ3) is 3.10. The fraction of sp³-hybridized carbons (Fsp3) is 0.105. The Bertz CT molecular complexity index is 1010. The number of para-hydroxylation sites is 1. The van der Waals surface area contributed by atoms with Crippen LogP contribution in [0.1, 0.15) is 5.56 Å². The van der Waals surface area contributed by atoms with Gasteiger partial charge in [0.1, 0.15) is 23.1 Å². The van der Waals surface area contributed by atoms with E-state index in [1.807, 2.05) is 6.07 Å². The molecule has 0 spiro atoms. The molecule has 5 nitrogen and oxygen atoms in total. The molecule has 136 valence electrons. The first kappa shape index (κ1) is 17.4. The second-order valence-corrected chi connectivity index (χ2v) is 6.25. The lowest BCUT2D eigenvalue weighted by atomic mass is 10.1. The summed E-state index contributed by atoms with van der Waals surface area (Å²) in [6.07, 6.45) is 3.71. The quantitative estimate of drug-likeness (QED) is 0.626. The average molecular weight is 388 g/mol. The van der Waals surface area contributed by atoms with Gasteiger partial charge >= 0.3 is 0 Å². The van der Waals surface area contributed by atoms with E-state index in [9.17, 15) is 13.6 Å². The van der Waals surface area contributed by atoms with Gasteiger partial charge in [0.05, 0.1) is 29.7 Å². The molecule has 0 aliphatic carbocycles. The number of hydrogen-bond donors (Lipinski definition) is 0. The van der Waals surface area contributed by atoms with Crippen molar-refractivity contribution < 1.29 is 18.3 Å². The number of halogens is 3. The van der Waals surface area contributed by atoms with E-state index in [-0.39, 0.29) is 12.2 Å². The molecule has 0 N–H and O–H groups in total. The maximum Gasteiger partial charge on any atom is 0.220 e. The standard InChI is InChI=1S/C19H12ClF2N3O2/c20-13-7-17-11(4-5-27-17)6-12(13)16-8-24-18(9-23-16)25(10-26)19-14(21)2-1-3-15(19)22/h1-3,6-10H,4-5H2. The molecule has 4 rings (SSSR count). The van der Waals surface area contributed by atoms with Crippen LogP contribution in [-0.2, 0) is 11.2 Å². The number of anilines is 2. The predicted octanol–water partition coefficient (Wildman–Crippen LogP) is 4.30. The molecule has 2 aromatic carbocycles. The molecule has 0 radical (unpaired) electrons. The van der Waals surface area contributed by atoms with Crippen LogP contribution < -0.4 is 9.64 Å². The van der Waals surface area contributed by atoms with Crippen LogP contribution in [0.3, 0.4) is 0 Å². The zero-order valence-electron chi connectivity index (χ0n) is 13.8. The first-order valence-corrected chi connectivity index (χ1v) is 8.42. The van der Waals surface area contributed by atoms with Gasteiger partial charge in [-0.2, -0.15) is 0 Å². The molecule has 1 amide bonds. The van der Waals surface area contributed by atoms with Gasteiger partial charge in [-0.1, -0.05) is 17.7 Å². The Hall–Kier alpha value is -3.06. The molecule has 0 unspecified atom stereocenters. The van der Waals surface area contributed by atoms with Crippen LogP contribution >= 0.6 is 11.6 Å². The number of carbonyl (C=O) groups is 1. The molecule has 8 heteroatoms. The molecule has 1 aliphatic heterocycles. The molecule has 1 aromatic heterocycles. The van der Waals surface area contributed by atoms with Gasteiger partial charge in [0.25, 0.3) is 0 Å². The summed E-state index contributed by atoms with van der Waals surface area (Å²) >= 11 is 6.30. The highest BCUT2D eigenvalue weighted by Crippen LogP contribution is 2.36. The Kier molecular flexibility index (Phi) is 4.45. The van der Waals surface area contributed by atoms with Crippen molar-refractivity contribution in [2.24, 2.45) is 0 Å². The normalized spacial score (nSPS) is 12.4. The lowest BCUT2D eigenvalue weighted by molar-refractivity contribution is -0.106. The zero-order chi connectivity index (χ0) is 19.0.